The fraction of sp³-hybridized carbons (Fsp3) is 0.276. The number of rotatable bonds is 8. The first-order valence-corrected chi connectivity index (χ1v) is 12.9. The first-order chi connectivity index (χ1) is 15.8. The SMILES string of the molecule is CCCCCCCCn1c(-c2ccccc2)nc2c3cc(I)ccc3c3ccccc3c21. The summed E-state index contributed by atoms with van der Waals surface area (Å²) < 4.78 is 3.74. The maximum Gasteiger partial charge on any atom is 0.141 e. The summed E-state index contributed by atoms with van der Waals surface area (Å²) in [4.78, 5) is 5.29. The average molecular weight is 532 g/mol. The second-order valence-electron chi connectivity index (χ2n) is 8.65. The summed E-state index contributed by atoms with van der Waals surface area (Å²) in [5.41, 5.74) is 3.60. The molecule has 0 saturated carbocycles. The predicted molar refractivity (Wildman–Crippen MR) is 146 cm³/mol. The third-order valence-corrected chi connectivity index (χ3v) is 7.11. The molecule has 162 valence electrons. The van der Waals surface area contributed by atoms with Crippen LogP contribution >= 0.6 is 22.6 Å². The van der Waals surface area contributed by atoms with Crippen molar-refractivity contribution in [3.8, 4) is 11.4 Å². The summed E-state index contributed by atoms with van der Waals surface area (Å²) in [6.45, 7) is 3.28. The molecule has 0 fully saturated rings. The zero-order valence-corrected chi connectivity index (χ0v) is 20.8. The molecular formula is C29H29IN2. The lowest BCUT2D eigenvalue weighted by Gasteiger charge is -2.12. The highest BCUT2D eigenvalue weighted by molar-refractivity contribution is 14.1. The molecule has 1 aromatic heterocycles. The first kappa shape index (κ1) is 21.4. The summed E-state index contributed by atoms with van der Waals surface area (Å²) in [5, 5.41) is 5.16. The Morgan fingerprint density at radius 2 is 1.41 bits per heavy atom. The summed E-state index contributed by atoms with van der Waals surface area (Å²) >= 11 is 2.42. The third-order valence-electron chi connectivity index (χ3n) is 6.44. The zero-order chi connectivity index (χ0) is 21.9. The lowest BCUT2D eigenvalue weighted by atomic mass is 10.00. The quantitative estimate of drug-likeness (QED) is 0.111. The van der Waals surface area contributed by atoms with Gasteiger partial charge in [0.1, 0.15) is 5.82 Å². The van der Waals surface area contributed by atoms with Crippen LogP contribution in [-0.4, -0.2) is 9.55 Å². The molecule has 32 heavy (non-hydrogen) atoms. The molecule has 5 rings (SSSR count). The Morgan fingerprint density at radius 1 is 0.719 bits per heavy atom. The highest BCUT2D eigenvalue weighted by Gasteiger charge is 2.18. The van der Waals surface area contributed by atoms with Crippen LogP contribution < -0.4 is 0 Å². The lowest BCUT2D eigenvalue weighted by Crippen LogP contribution is -2.01. The maximum absolute atomic E-state index is 5.29. The Labute approximate surface area is 203 Å². The van der Waals surface area contributed by atoms with Gasteiger partial charge in [-0.2, -0.15) is 0 Å². The van der Waals surface area contributed by atoms with E-state index in [9.17, 15) is 0 Å². The van der Waals surface area contributed by atoms with Crippen molar-refractivity contribution in [2.24, 2.45) is 0 Å². The second-order valence-corrected chi connectivity index (χ2v) is 9.90. The highest BCUT2D eigenvalue weighted by Crippen LogP contribution is 2.38. The van der Waals surface area contributed by atoms with E-state index in [2.05, 4.69) is 107 Å². The predicted octanol–water partition coefficient (Wildman–Crippen LogP) is 8.97. The largest absolute Gasteiger partial charge is 0.323 e. The monoisotopic (exact) mass is 532 g/mol. The van der Waals surface area contributed by atoms with E-state index in [-0.39, 0.29) is 0 Å². The topological polar surface area (TPSA) is 17.8 Å². The van der Waals surface area contributed by atoms with Gasteiger partial charge in [-0.1, -0.05) is 99.7 Å². The highest BCUT2D eigenvalue weighted by atomic mass is 127. The van der Waals surface area contributed by atoms with Gasteiger partial charge in [-0.05, 0) is 51.9 Å². The van der Waals surface area contributed by atoms with Crippen LogP contribution in [0.25, 0.3) is 44.0 Å². The van der Waals surface area contributed by atoms with Gasteiger partial charge in [0.2, 0.25) is 0 Å². The number of aryl methyl sites for hydroxylation is 1. The summed E-state index contributed by atoms with van der Waals surface area (Å²) in [5.74, 6) is 1.09. The Hall–Kier alpha value is -2.40. The molecule has 0 saturated heterocycles. The molecule has 1 heterocycles. The van der Waals surface area contributed by atoms with E-state index >= 15 is 0 Å². The number of fused-ring (bicyclic) bond motifs is 6. The van der Waals surface area contributed by atoms with Crippen LogP contribution in [0.2, 0.25) is 0 Å². The molecule has 0 amide bonds. The van der Waals surface area contributed by atoms with Crippen molar-refractivity contribution >= 4 is 55.2 Å². The van der Waals surface area contributed by atoms with Gasteiger partial charge >= 0.3 is 0 Å². The van der Waals surface area contributed by atoms with Gasteiger partial charge < -0.3 is 4.57 Å². The number of nitrogens with zero attached hydrogens (tertiary/aromatic N) is 2. The Balaban J connectivity index is 1.72. The van der Waals surface area contributed by atoms with E-state index < -0.39 is 0 Å². The fourth-order valence-electron chi connectivity index (χ4n) is 4.86. The Morgan fingerprint density at radius 3 is 2.22 bits per heavy atom. The number of halogens is 1. The van der Waals surface area contributed by atoms with Gasteiger partial charge in [0, 0.05) is 26.5 Å². The average Bonchev–Trinajstić information content (AvgIpc) is 3.22. The van der Waals surface area contributed by atoms with E-state index in [1.54, 1.807) is 0 Å². The smallest absolute Gasteiger partial charge is 0.141 e. The first-order valence-electron chi connectivity index (χ1n) is 11.8. The van der Waals surface area contributed by atoms with Gasteiger partial charge in [0.25, 0.3) is 0 Å². The molecular weight excluding hydrogens is 503 g/mol. The van der Waals surface area contributed by atoms with Crippen LogP contribution in [0.1, 0.15) is 45.4 Å². The summed E-state index contributed by atoms with van der Waals surface area (Å²) in [6, 6.07) is 26.3. The molecule has 0 unspecified atom stereocenters. The van der Waals surface area contributed by atoms with Crippen LogP contribution in [0, 0.1) is 3.57 Å². The Kier molecular flexibility index (Phi) is 6.44. The van der Waals surface area contributed by atoms with Crippen molar-refractivity contribution in [2.75, 3.05) is 0 Å². The minimum absolute atomic E-state index is 1.01. The molecule has 0 aliphatic heterocycles. The zero-order valence-electron chi connectivity index (χ0n) is 18.7. The summed E-state index contributed by atoms with van der Waals surface area (Å²) in [7, 11) is 0. The van der Waals surface area contributed by atoms with Gasteiger partial charge in [-0.25, -0.2) is 4.98 Å². The summed E-state index contributed by atoms with van der Waals surface area (Å²) in [6.07, 6.45) is 7.77. The third kappa shape index (κ3) is 4.03. The minimum atomic E-state index is 1.01. The van der Waals surface area contributed by atoms with Gasteiger partial charge in [-0.3, -0.25) is 0 Å². The van der Waals surface area contributed by atoms with Crippen LogP contribution in [0.15, 0.2) is 72.8 Å². The van der Waals surface area contributed by atoms with Crippen LogP contribution in [-0.2, 0) is 6.54 Å². The standard InChI is InChI=1S/C29H29IN2/c1-2-3-4-5-6-12-19-32-28-25-16-11-10-15-23(25)24-18-17-22(30)20-26(24)27(28)31-29(32)21-13-8-7-9-14-21/h7-11,13-18,20H,2-6,12,19H2,1H3. The Bertz CT molecular complexity index is 1370. The van der Waals surface area contributed by atoms with E-state index in [1.807, 2.05) is 0 Å². The van der Waals surface area contributed by atoms with E-state index in [1.165, 1.54) is 74.7 Å². The van der Waals surface area contributed by atoms with Gasteiger partial charge in [0.05, 0.1) is 11.0 Å². The van der Waals surface area contributed by atoms with Crippen molar-refractivity contribution in [1.29, 1.82) is 0 Å². The molecule has 3 heteroatoms. The van der Waals surface area contributed by atoms with Crippen LogP contribution in [0.5, 0.6) is 0 Å². The number of aromatic nitrogens is 2. The number of hydrogen-bond acceptors (Lipinski definition) is 1. The molecule has 2 nitrogen and oxygen atoms in total. The van der Waals surface area contributed by atoms with Crippen molar-refractivity contribution in [3.05, 3.63) is 76.4 Å². The van der Waals surface area contributed by atoms with Crippen LogP contribution in [0.4, 0.5) is 0 Å². The fourth-order valence-corrected chi connectivity index (χ4v) is 5.35. The van der Waals surface area contributed by atoms with E-state index in [0.29, 0.717) is 0 Å². The molecule has 0 spiro atoms. The van der Waals surface area contributed by atoms with Crippen molar-refractivity contribution in [2.45, 2.75) is 52.0 Å². The molecule has 0 aliphatic rings. The molecule has 0 aliphatic carbocycles. The molecule has 0 atom stereocenters. The van der Waals surface area contributed by atoms with E-state index in [4.69, 9.17) is 4.98 Å². The molecule has 5 aromatic rings. The second kappa shape index (κ2) is 9.62. The van der Waals surface area contributed by atoms with E-state index in [0.717, 1.165) is 17.9 Å². The van der Waals surface area contributed by atoms with Gasteiger partial charge in [-0.15, -0.1) is 0 Å². The van der Waals surface area contributed by atoms with Crippen molar-refractivity contribution in [3.63, 3.8) is 0 Å². The number of unbranched alkanes of at least 4 members (excludes halogenated alkanes) is 5. The number of benzene rings is 4. The van der Waals surface area contributed by atoms with Crippen molar-refractivity contribution in [1.82, 2.24) is 9.55 Å². The maximum atomic E-state index is 5.29. The lowest BCUT2D eigenvalue weighted by molar-refractivity contribution is 0.566. The molecule has 0 bridgehead atoms. The minimum Gasteiger partial charge on any atom is -0.323 e. The van der Waals surface area contributed by atoms with Crippen LogP contribution in [0.3, 0.4) is 0 Å². The molecule has 0 radical (unpaired) electrons. The normalized spacial score (nSPS) is 11.7. The van der Waals surface area contributed by atoms with Gasteiger partial charge in [0.15, 0.2) is 0 Å². The number of imidazole rings is 1. The molecule has 4 aromatic carbocycles. The van der Waals surface area contributed by atoms with Crippen molar-refractivity contribution < 1.29 is 0 Å². The number of hydrogen-bond donors (Lipinski definition) is 0. The molecule has 0 N–H and O–H groups in total.